The second kappa shape index (κ2) is 6.45. The fraction of sp³-hybridized carbons (Fsp3) is 0.368. The molecule has 1 fully saturated rings. The van der Waals surface area contributed by atoms with Crippen molar-refractivity contribution in [2.24, 2.45) is 13.0 Å². The van der Waals surface area contributed by atoms with E-state index in [1.54, 1.807) is 28.4 Å². The number of rotatable bonds is 3. The molecule has 138 valence electrons. The molecule has 27 heavy (non-hydrogen) atoms. The van der Waals surface area contributed by atoms with Gasteiger partial charge in [-0.25, -0.2) is 19.7 Å². The van der Waals surface area contributed by atoms with Crippen LogP contribution in [0.25, 0.3) is 21.4 Å². The third kappa shape index (κ3) is 2.71. The number of fused-ring (bicyclic) bond motifs is 2. The standard InChI is InChI=1S/C19H20N6OS/c1-23-15-3-2-7-20-17(15)25(19(23)26)11-13-4-8-24(9-5-13)16-14-6-10-27-18(14)22-12-21-16/h2-3,6-7,10,12-13H,4-5,8-9,11H2,1H3. The van der Waals surface area contributed by atoms with Gasteiger partial charge in [0.2, 0.25) is 0 Å². The fourth-order valence-electron chi connectivity index (χ4n) is 4.01. The lowest BCUT2D eigenvalue weighted by atomic mass is 9.96. The summed E-state index contributed by atoms with van der Waals surface area (Å²) in [5.74, 6) is 1.50. The van der Waals surface area contributed by atoms with Crippen LogP contribution in [0.4, 0.5) is 5.82 Å². The molecule has 4 aromatic rings. The van der Waals surface area contributed by atoms with Crippen LogP contribution in [0.3, 0.4) is 0 Å². The minimum atomic E-state index is 0.0157. The average molecular weight is 380 g/mol. The molecular weight excluding hydrogens is 360 g/mol. The molecule has 0 radical (unpaired) electrons. The number of hydrogen-bond donors (Lipinski definition) is 0. The first kappa shape index (κ1) is 16.4. The van der Waals surface area contributed by atoms with Crippen molar-refractivity contribution >= 4 is 38.5 Å². The number of imidazole rings is 1. The van der Waals surface area contributed by atoms with Gasteiger partial charge in [0.1, 0.15) is 17.0 Å². The average Bonchev–Trinajstić information content (AvgIpc) is 3.28. The molecule has 5 heterocycles. The molecule has 0 amide bonds. The number of piperidine rings is 1. The maximum absolute atomic E-state index is 12.6. The number of aryl methyl sites for hydroxylation is 1. The van der Waals surface area contributed by atoms with E-state index in [2.05, 4.69) is 31.3 Å². The zero-order valence-corrected chi connectivity index (χ0v) is 15.9. The van der Waals surface area contributed by atoms with Gasteiger partial charge in [0.05, 0.1) is 10.9 Å². The highest BCUT2D eigenvalue weighted by Gasteiger charge is 2.24. The molecule has 8 heteroatoms. The van der Waals surface area contributed by atoms with E-state index >= 15 is 0 Å². The zero-order chi connectivity index (χ0) is 18.4. The Morgan fingerprint density at radius 2 is 2.04 bits per heavy atom. The van der Waals surface area contributed by atoms with Gasteiger partial charge in [-0.1, -0.05) is 0 Å². The third-order valence-corrected chi connectivity index (χ3v) is 6.32. The van der Waals surface area contributed by atoms with E-state index in [1.165, 1.54) is 0 Å². The smallest absolute Gasteiger partial charge is 0.330 e. The molecule has 5 rings (SSSR count). The van der Waals surface area contributed by atoms with E-state index in [-0.39, 0.29) is 5.69 Å². The van der Waals surface area contributed by atoms with Crippen LogP contribution in [0.15, 0.2) is 40.9 Å². The predicted molar refractivity (Wildman–Crippen MR) is 107 cm³/mol. The summed E-state index contributed by atoms with van der Waals surface area (Å²) < 4.78 is 3.52. The molecular formula is C19H20N6OS. The summed E-state index contributed by atoms with van der Waals surface area (Å²) in [4.78, 5) is 29.3. The van der Waals surface area contributed by atoms with Gasteiger partial charge in [-0.15, -0.1) is 11.3 Å². The van der Waals surface area contributed by atoms with Gasteiger partial charge >= 0.3 is 5.69 Å². The van der Waals surface area contributed by atoms with Gasteiger partial charge in [0.15, 0.2) is 5.65 Å². The van der Waals surface area contributed by atoms with Crippen LogP contribution in [0, 0.1) is 5.92 Å². The minimum absolute atomic E-state index is 0.0157. The summed E-state index contributed by atoms with van der Waals surface area (Å²) in [6, 6.07) is 5.92. The first-order valence-electron chi connectivity index (χ1n) is 9.16. The number of pyridine rings is 1. The summed E-state index contributed by atoms with van der Waals surface area (Å²) in [6.07, 6.45) is 5.47. The van der Waals surface area contributed by atoms with Crippen LogP contribution in [0.2, 0.25) is 0 Å². The molecule has 0 aromatic carbocycles. The summed E-state index contributed by atoms with van der Waals surface area (Å²) in [5.41, 5.74) is 1.69. The van der Waals surface area contributed by atoms with Crippen molar-refractivity contribution in [1.82, 2.24) is 24.1 Å². The number of aromatic nitrogens is 5. The van der Waals surface area contributed by atoms with Crippen LogP contribution < -0.4 is 10.6 Å². The first-order chi connectivity index (χ1) is 13.2. The largest absolute Gasteiger partial charge is 0.356 e. The molecule has 0 atom stereocenters. The van der Waals surface area contributed by atoms with Gasteiger partial charge in [-0.3, -0.25) is 9.13 Å². The molecule has 1 aliphatic heterocycles. The summed E-state index contributed by atoms with van der Waals surface area (Å²) in [5, 5.41) is 3.20. The lowest BCUT2D eigenvalue weighted by molar-refractivity contribution is 0.354. The molecule has 0 N–H and O–H groups in total. The molecule has 0 saturated carbocycles. The van der Waals surface area contributed by atoms with E-state index in [4.69, 9.17) is 0 Å². The SMILES string of the molecule is Cn1c(=O)n(CC2CCN(c3ncnc4sccc34)CC2)c2ncccc21. The quantitative estimate of drug-likeness (QED) is 0.547. The number of nitrogens with zero attached hydrogens (tertiary/aromatic N) is 6. The number of hydrogen-bond acceptors (Lipinski definition) is 6. The van der Waals surface area contributed by atoms with Crippen LogP contribution in [0.5, 0.6) is 0 Å². The van der Waals surface area contributed by atoms with Gasteiger partial charge in [-0.05, 0) is 42.3 Å². The monoisotopic (exact) mass is 380 g/mol. The minimum Gasteiger partial charge on any atom is -0.356 e. The lowest BCUT2D eigenvalue weighted by Gasteiger charge is -2.33. The Hall–Kier alpha value is -2.74. The lowest BCUT2D eigenvalue weighted by Crippen LogP contribution is -2.37. The Morgan fingerprint density at radius 1 is 1.19 bits per heavy atom. The van der Waals surface area contributed by atoms with E-state index < -0.39 is 0 Å². The van der Waals surface area contributed by atoms with Gasteiger partial charge in [0.25, 0.3) is 0 Å². The Bertz CT molecular complexity index is 1170. The van der Waals surface area contributed by atoms with Crippen molar-refractivity contribution in [3.63, 3.8) is 0 Å². The highest BCUT2D eigenvalue weighted by atomic mass is 32.1. The molecule has 0 unspecified atom stereocenters. The molecule has 0 aliphatic carbocycles. The van der Waals surface area contributed by atoms with Crippen molar-refractivity contribution in [1.29, 1.82) is 0 Å². The summed E-state index contributed by atoms with van der Waals surface area (Å²) >= 11 is 1.65. The summed E-state index contributed by atoms with van der Waals surface area (Å²) in [7, 11) is 1.81. The molecule has 1 saturated heterocycles. The molecule has 7 nitrogen and oxygen atoms in total. The van der Waals surface area contributed by atoms with Crippen molar-refractivity contribution in [3.05, 3.63) is 46.6 Å². The maximum Gasteiger partial charge on any atom is 0.330 e. The highest BCUT2D eigenvalue weighted by Crippen LogP contribution is 2.30. The second-order valence-corrected chi connectivity index (χ2v) is 7.96. The predicted octanol–water partition coefficient (Wildman–Crippen LogP) is 2.66. The van der Waals surface area contributed by atoms with Gasteiger partial charge in [0, 0.05) is 32.9 Å². The van der Waals surface area contributed by atoms with Crippen molar-refractivity contribution in [2.75, 3.05) is 18.0 Å². The van der Waals surface area contributed by atoms with Gasteiger partial charge < -0.3 is 4.90 Å². The second-order valence-electron chi connectivity index (χ2n) is 7.07. The van der Waals surface area contributed by atoms with Crippen LogP contribution in [-0.4, -0.2) is 37.2 Å². The molecule has 0 spiro atoms. The van der Waals surface area contributed by atoms with E-state index in [0.717, 1.165) is 59.7 Å². The van der Waals surface area contributed by atoms with Crippen LogP contribution in [0.1, 0.15) is 12.8 Å². The van der Waals surface area contributed by atoms with E-state index in [9.17, 15) is 4.79 Å². The van der Waals surface area contributed by atoms with Crippen molar-refractivity contribution in [2.45, 2.75) is 19.4 Å². The summed E-state index contributed by atoms with van der Waals surface area (Å²) in [6.45, 7) is 2.61. The molecule has 1 aliphatic rings. The molecule has 4 aromatic heterocycles. The van der Waals surface area contributed by atoms with Crippen molar-refractivity contribution in [3.8, 4) is 0 Å². The molecule has 0 bridgehead atoms. The van der Waals surface area contributed by atoms with E-state index in [1.807, 2.05) is 23.7 Å². The Balaban J connectivity index is 1.35. The van der Waals surface area contributed by atoms with Crippen molar-refractivity contribution < 1.29 is 0 Å². The zero-order valence-electron chi connectivity index (χ0n) is 15.1. The Kier molecular flexibility index (Phi) is 3.93. The first-order valence-corrected chi connectivity index (χ1v) is 10.0. The fourth-order valence-corrected chi connectivity index (χ4v) is 4.74. The van der Waals surface area contributed by atoms with Crippen LogP contribution in [-0.2, 0) is 13.6 Å². The van der Waals surface area contributed by atoms with Crippen LogP contribution >= 0.6 is 11.3 Å². The maximum atomic E-state index is 12.6. The Morgan fingerprint density at radius 3 is 2.89 bits per heavy atom. The van der Waals surface area contributed by atoms with Gasteiger partial charge in [-0.2, -0.15) is 0 Å². The third-order valence-electron chi connectivity index (χ3n) is 5.50. The Labute approximate surface area is 159 Å². The number of thiophene rings is 1. The number of anilines is 1. The highest BCUT2D eigenvalue weighted by molar-refractivity contribution is 7.16. The van der Waals surface area contributed by atoms with E-state index in [0.29, 0.717) is 5.92 Å². The topological polar surface area (TPSA) is 68.8 Å². The normalized spacial score (nSPS) is 15.8.